The zero-order chi connectivity index (χ0) is 39.6. The van der Waals surface area contributed by atoms with Crippen LogP contribution in [0.2, 0.25) is 0 Å². The van der Waals surface area contributed by atoms with Gasteiger partial charge in [0.25, 0.3) is 0 Å². The number of fused-ring (bicyclic) bond motifs is 4. The van der Waals surface area contributed by atoms with Crippen LogP contribution in [0.3, 0.4) is 0 Å². The van der Waals surface area contributed by atoms with Gasteiger partial charge in [-0.05, 0) is 79.5 Å². The Hall–Kier alpha value is -6.85. The Bertz CT molecular complexity index is 2780. The second-order valence-electron chi connectivity index (χ2n) is 13.7. The molecular formula is C50H34N4O4Zn2. The van der Waals surface area contributed by atoms with Gasteiger partial charge >= 0.3 is 0 Å². The van der Waals surface area contributed by atoms with Gasteiger partial charge in [-0.2, -0.15) is 0 Å². The van der Waals surface area contributed by atoms with E-state index < -0.39 is 0 Å². The summed E-state index contributed by atoms with van der Waals surface area (Å²) < 4.78 is 0. The number of nitrogens with zero attached hydrogens (tertiary/aromatic N) is 4. The predicted molar refractivity (Wildman–Crippen MR) is 238 cm³/mol. The summed E-state index contributed by atoms with van der Waals surface area (Å²) in [5.74, 6) is 0.255. The van der Waals surface area contributed by atoms with Crippen molar-refractivity contribution in [2.45, 2.75) is 0 Å². The normalized spacial score (nSPS) is 11.7. The summed E-state index contributed by atoms with van der Waals surface area (Å²) in [5, 5.41) is 51.0. The minimum atomic E-state index is 0. The van der Waals surface area contributed by atoms with E-state index >= 15 is 0 Å². The molecule has 9 aromatic rings. The summed E-state index contributed by atoms with van der Waals surface area (Å²) >= 11 is 0. The Morgan fingerprint density at radius 1 is 0.283 bits per heavy atom. The number of aliphatic imine (C=N–C) groups is 4. The van der Waals surface area contributed by atoms with Crippen molar-refractivity contribution >= 4 is 90.7 Å². The molecule has 0 fully saturated rings. The summed E-state index contributed by atoms with van der Waals surface area (Å²) in [6.07, 6.45) is 6.40. The van der Waals surface area contributed by atoms with Gasteiger partial charge in [0.2, 0.25) is 0 Å². The van der Waals surface area contributed by atoms with Crippen molar-refractivity contribution in [2.24, 2.45) is 20.0 Å². The SMILES string of the molecule is Oc1ccc2ccccc2c1C=Nc1cc(N=Cc2c(O)ccc3ccccc23)c(N=Cc2c(O)ccc3ccccc23)cc1N=Cc1c(O)ccc2ccccc12.[Zn].[Zn]. The van der Waals surface area contributed by atoms with Crippen molar-refractivity contribution in [3.8, 4) is 23.0 Å². The number of benzene rings is 9. The number of aromatic hydroxyl groups is 4. The van der Waals surface area contributed by atoms with Crippen LogP contribution in [0.5, 0.6) is 23.0 Å². The molecular weight excluding hydrogens is 851 g/mol. The first-order chi connectivity index (χ1) is 28.4. The molecule has 9 rings (SSSR count). The maximum absolute atomic E-state index is 11.0. The van der Waals surface area contributed by atoms with Gasteiger partial charge in [0.1, 0.15) is 23.0 Å². The van der Waals surface area contributed by atoms with E-state index in [9.17, 15) is 20.4 Å². The van der Waals surface area contributed by atoms with Crippen molar-refractivity contribution in [2.75, 3.05) is 0 Å². The molecule has 9 aromatic carbocycles. The van der Waals surface area contributed by atoms with Gasteiger partial charge in [-0.1, -0.05) is 121 Å². The first kappa shape index (κ1) is 41.3. The molecule has 0 aliphatic carbocycles. The van der Waals surface area contributed by atoms with Crippen molar-refractivity contribution in [1.29, 1.82) is 0 Å². The fourth-order valence-electron chi connectivity index (χ4n) is 7.18. The van der Waals surface area contributed by atoms with Gasteiger partial charge in [-0.25, -0.2) is 0 Å². The molecule has 0 aliphatic heterocycles. The van der Waals surface area contributed by atoms with E-state index in [2.05, 4.69) is 0 Å². The van der Waals surface area contributed by atoms with Crippen LogP contribution in [-0.4, -0.2) is 45.3 Å². The van der Waals surface area contributed by atoms with Crippen molar-refractivity contribution < 1.29 is 59.4 Å². The Kier molecular flexibility index (Phi) is 12.4. The van der Waals surface area contributed by atoms with E-state index in [1.54, 1.807) is 61.3 Å². The maximum Gasteiger partial charge on any atom is 0.124 e. The van der Waals surface area contributed by atoms with E-state index in [1.165, 1.54) is 0 Å². The molecule has 8 nitrogen and oxygen atoms in total. The van der Waals surface area contributed by atoms with E-state index in [0.717, 1.165) is 43.1 Å². The molecule has 0 heterocycles. The fraction of sp³-hybridized carbons (Fsp3) is 0. The van der Waals surface area contributed by atoms with Crippen LogP contribution in [0.4, 0.5) is 22.7 Å². The van der Waals surface area contributed by atoms with Crippen LogP contribution < -0.4 is 0 Å². The molecule has 0 spiro atoms. The second-order valence-corrected chi connectivity index (χ2v) is 13.7. The van der Waals surface area contributed by atoms with Crippen LogP contribution >= 0.6 is 0 Å². The molecule has 60 heavy (non-hydrogen) atoms. The zero-order valence-electron chi connectivity index (χ0n) is 32.3. The van der Waals surface area contributed by atoms with Crippen molar-refractivity contribution in [3.05, 3.63) is 180 Å². The third kappa shape index (κ3) is 8.21. The second kappa shape index (κ2) is 18.0. The van der Waals surface area contributed by atoms with E-state index in [-0.39, 0.29) is 62.0 Å². The Morgan fingerprint density at radius 2 is 0.500 bits per heavy atom. The molecule has 0 atom stereocenters. The van der Waals surface area contributed by atoms with Gasteiger partial charge in [0, 0.05) is 86.1 Å². The first-order valence-electron chi connectivity index (χ1n) is 18.6. The monoisotopic (exact) mass is 882 g/mol. The average Bonchev–Trinajstić information content (AvgIpc) is 3.25. The van der Waals surface area contributed by atoms with E-state index in [4.69, 9.17) is 20.0 Å². The maximum atomic E-state index is 11.0. The molecule has 282 valence electrons. The molecule has 0 unspecified atom stereocenters. The number of hydrogen-bond acceptors (Lipinski definition) is 8. The van der Waals surface area contributed by atoms with Crippen LogP contribution in [0, 0.1) is 0 Å². The molecule has 4 N–H and O–H groups in total. The third-order valence-electron chi connectivity index (χ3n) is 10.2. The van der Waals surface area contributed by atoms with Gasteiger partial charge in [-0.15, -0.1) is 0 Å². The molecule has 0 aliphatic rings. The first-order valence-corrected chi connectivity index (χ1v) is 18.6. The number of hydrogen-bond donors (Lipinski definition) is 4. The average molecular weight is 886 g/mol. The molecule has 0 aromatic heterocycles. The topological polar surface area (TPSA) is 130 Å². The minimum Gasteiger partial charge on any atom is -0.507 e. The zero-order valence-corrected chi connectivity index (χ0v) is 38.2. The Morgan fingerprint density at radius 3 is 0.733 bits per heavy atom. The molecule has 0 radical (unpaired) electrons. The van der Waals surface area contributed by atoms with Crippen molar-refractivity contribution in [3.63, 3.8) is 0 Å². The van der Waals surface area contributed by atoms with Crippen LogP contribution in [0.15, 0.2) is 178 Å². The van der Waals surface area contributed by atoms with E-state index in [0.29, 0.717) is 45.0 Å². The van der Waals surface area contributed by atoms with Crippen LogP contribution in [0.1, 0.15) is 22.3 Å². The van der Waals surface area contributed by atoms with Gasteiger partial charge in [-0.3, -0.25) is 20.0 Å². The van der Waals surface area contributed by atoms with Gasteiger partial charge in [0.05, 0.1) is 22.7 Å². The molecule has 0 saturated heterocycles. The summed E-state index contributed by atoms with van der Waals surface area (Å²) in [6, 6.07) is 48.4. The molecule has 0 bridgehead atoms. The smallest absolute Gasteiger partial charge is 0.124 e. The van der Waals surface area contributed by atoms with Gasteiger partial charge in [0.15, 0.2) is 0 Å². The minimum absolute atomic E-state index is 0. The Labute approximate surface area is 370 Å². The summed E-state index contributed by atoms with van der Waals surface area (Å²) in [5.41, 5.74) is 3.68. The number of phenols is 4. The molecule has 10 heteroatoms. The largest absolute Gasteiger partial charge is 0.507 e. The number of rotatable bonds is 8. The summed E-state index contributed by atoms with van der Waals surface area (Å²) in [4.78, 5) is 19.6. The summed E-state index contributed by atoms with van der Waals surface area (Å²) in [6.45, 7) is 0. The third-order valence-corrected chi connectivity index (χ3v) is 10.2. The fourth-order valence-corrected chi connectivity index (χ4v) is 7.18. The van der Waals surface area contributed by atoms with E-state index in [1.807, 2.05) is 121 Å². The molecule has 0 saturated carbocycles. The van der Waals surface area contributed by atoms with Crippen LogP contribution in [-0.2, 0) is 39.0 Å². The van der Waals surface area contributed by atoms with Crippen LogP contribution in [0.25, 0.3) is 43.1 Å². The quantitative estimate of drug-likeness (QED) is 0.0894. The summed E-state index contributed by atoms with van der Waals surface area (Å²) in [7, 11) is 0. The predicted octanol–water partition coefficient (Wildman–Crippen LogP) is 12.1. The van der Waals surface area contributed by atoms with Crippen molar-refractivity contribution in [1.82, 2.24) is 0 Å². The van der Waals surface area contributed by atoms with Gasteiger partial charge < -0.3 is 20.4 Å². The Balaban J connectivity index is 0.00000272. The number of phenolic OH excluding ortho intramolecular Hbond substituents is 4. The molecule has 0 amide bonds. The standard InChI is InChI=1S/C50H34N4O4.2Zn/c55-47-21-17-31-9-1-5-13-35(31)39(47)27-51-43-25-45(53-29-41-37-15-7-3-11-33(37)19-23-49(41)57)46(54-30-42-38-16-8-4-12-34(38)20-24-50(42)58)26-44(43)52-28-40-36-14-6-2-10-32(36)18-22-48(40)56;;/h1-30,55-58H;;.